The fourth-order valence-electron chi connectivity index (χ4n) is 1.42. The summed E-state index contributed by atoms with van der Waals surface area (Å²) in [4.78, 5) is 26.3. The van der Waals surface area contributed by atoms with Crippen LogP contribution in [-0.4, -0.2) is 28.0 Å². The van der Waals surface area contributed by atoms with Crippen LogP contribution in [0.15, 0.2) is 5.38 Å². The number of carboxylic acid groups (broad SMARTS) is 1. The number of aromatic nitrogens is 1. The summed E-state index contributed by atoms with van der Waals surface area (Å²) in [7, 11) is 0. The zero-order valence-corrected chi connectivity index (χ0v) is 9.16. The summed E-state index contributed by atoms with van der Waals surface area (Å²) in [6, 6.07) is -0.810. The van der Waals surface area contributed by atoms with E-state index in [9.17, 15) is 9.59 Å². The van der Waals surface area contributed by atoms with Gasteiger partial charge in [0.1, 0.15) is 11.7 Å². The molecule has 0 radical (unpaired) electrons. The fraction of sp³-hybridized carbons (Fsp3) is 0.444. The molecule has 7 heteroatoms. The molecule has 1 saturated carbocycles. The number of carboxylic acids is 1. The molecule has 0 saturated heterocycles. The first-order valence-corrected chi connectivity index (χ1v) is 5.70. The van der Waals surface area contributed by atoms with Gasteiger partial charge in [-0.15, -0.1) is 11.3 Å². The Morgan fingerprint density at radius 1 is 1.62 bits per heavy atom. The van der Waals surface area contributed by atoms with E-state index in [1.54, 1.807) is 0 Å². The highest BCUT2D eigenvalue weighted by Gasteiger charge is 2.37. The van der Waals surface area contributed by atoms with Crippen molar-refractivity contribution >= 4 is 28.3 Å². The largest absolute Gasteiger partial charge is 0.480 e. The van der Waals surface area contributed by atoms with E-state index in [0.29, 0.717) is 5.13 Å². The van der Waals surface area contributed by atoms with Crippen LogP contribution in [0.4, 0.5) is 5.13 Å². The van der Waals surface area contributed by atoms with Gasteiger partial charge >= 0.3 is 5.97 Å². The predicted octanol–water partition coefficient (Wildman–Crippen LogP) is 0.318. The summed E-state index contributed by atoms with van der Waals surface area (Å²) < 4.78 is 0. The van der Waals surface area contributed by atoms with Gasteiger partial charge in [-0.25, -0.2) is 9.78 Å². The third-order valence-electron chi connectivity index (χ3n) is 2.40. The molecule has 0 aromatic carbocycles. The first-order valence-electron chi connectivity index (χ1n) is 4.82. The topological polar surface area (TPSA) is 105 Å². The first kappa shape index (κ1) is 10.9. The van der Waals surface area contributed by atoms with E-state index in [4.69, 9.17) is 10.8 Å². The number of carbonyl (C=O) groups is 2. The molecule has 1 aromatic heterocycles. The number of anilines is 1. The Kier molecular flexibility index (Phi) is 2.78. The Labute approximate surface area is 95.5 Å². The number of aliphatic carboxylic acids is 1. The van der Waals surface area contributed by atoms with Crippen molar-refractivity contribution in [3.63, 3.8) is 0 Å². The van der Waals surface area contributed by atoms with Crippen molar-refractivity contribution in [2.75, 3.05) is 5.73 Å². The Balaban J connectivity index is 2.02. The van der Waals surface area contributed by atoms with E-state index in [-0.39, 0.29) is 11.6 Å². The molecule has 1 aliphatic carbocycles. The van der Waals surface area contributed by atoms with Crippen molar-refractivity contribution in [1.82, 2.24) is 10.3 Å². The lowest BCUT2D eigenvalue weighted by atomic mass is 10.2. The third-order valence-corrected chi connectivity index (χ3v) is 3.07. The Morgan fingerprint density at radius 2 is 2.31 bits per heavy atom. The molecule has 16 heavy (non-hydrogen) atoms. The van der Waals surface area contributed by atoms with E-state index >= 15 is 0 Å². The van der Waals surface area contributed by atoms with Gasteiger partial charge in [0.25, 0.3) is 5.91 Å². The maximum absolute atomic E-state index is 11.6. The molecule has 1 fully saturated rings. The molecule has 1 atom stereocenters. The van der Waals surface area contributed by atoms with Gasteiger partial charge in [0, 0.05) is 5.38 Å². The summed E-state index contributed by atoms with van der Waals surface area (Å²) in [5.74, 6) is -1.43. The SMILES string of the molecule is Nc1nc(C(=O)NC(C(=O)O)C2CC2)cs1. The van der Waals surface area contributed by atoms with Crippen molar-refractivity contribution in [3.8, 4) is 0 Å². The van der Waals surface area contributed by atoms with Crippen LogP contribution in [-0.2, 0) is 4.79 Å². The average Bonchev–Trinajstić information content (AvgIpc) is 2.96. The Bertz CT molecular complexity index is 427. The standard InChI is InChI=1S/C9H11N3O3S/c10-9-11-5(3-16-9)7(13)12-6(8(14)15)4-1-2-4/h3-4,6H,1-2H2,(H2,10,11)(H,12,13)(H,14,15). The number of nitrogens with zero attached hydrogens (tertiary/aromatic N) is 1. The van der Waals surface area contributed by atoms with Gasteiger partial charge in [0.05, 0.1) is 0 Å². The molecule has 1 heterocycles. The van der Waals surface area contributed by atoms with Crippen LogP contribution < -0.4 is 11.1 Å². The number of nitrogens with one attached hydrogen (secondary N) is 1. The second-order valence-corrected chi connectivity index (χ2v) is 4.59. The van der Waals surface area contributed by atoms with Gasteiger partial charge in [0.2, 0.25) is 0 Å². The highest BCUT2D eigenvalue weighted by Crippen LogP contribution is 2.32. The maximum atomic E-state index is 11.6. The molecule has 0 aliphatic heterocycles. The Morgan fingerprint density at radius 3 is 2.75 bits per heavy atom. The second kappa shape index (κ2) is 4.09. The first-order chi connectivity index (χ1) is 7.58. The Hall–Kier alpha value is -1.63. The summed E-state index contributed by atoms with van der Waals surface area (Å²) in [6.45, 7) is 0. The van der Waals surface area contributed by atoms with Gasteiger partial charge in [0.15, 0.2) is 5.13 Å². The molecule has 0 spiro atoms. The number of nitrogen functional groups attached to an aromatic ring is 1. The summed E-state index contributed by atoms with van der Waals surface area (Å²) in [5.41, 5.74) is 5.57. The normalized spacial score (nSPS) is 16.8. The zero-order chi connectivity index (χ0) is 11.7. The molecular formula is C9H11N3O3S. The van der Waals surface area contributed by atoms with Crippen LogP contribution in [0.25, 0.3) is 0 Å². The lowest BCUT2D eigenvalue weighted by Gasteiger charge is -2.11. The smallest absolute Gasteiger partial charge is 0.326 e. The number of rotatable bonds is 4. The molecule has 0 bridgehead atoms. The van der Waals surface area contributed by atoms with E-state index in [2.05, 4.69) is 10.3 Å². The molecule has 1 amide bonds. The molecule has 6 nitrogen and oxygen atoms in total. The van der Waals surface area contributed by atoms with Crippen LogP contribution in [0.3, 0.4) is 0 Å². The van der Waals surface area contributed by atoms with E-state index in [0.717, 1.165) is 24.2 Å². The number of hydrogen-bond acceptors (Lipinski definition) is 5. The average molecular weight is 241 g/mol. The van der Waals surface area contributed by atoms with E-state index in [1.165, 1.54) is 5.38 Å². The molecular weight excluding hydrogens is 230 g/mol. The van der Waals surface area contributed by atoms with E-state index < -0.39 is 17.9 Å². The second-order valence-electron chi connectivity index (χ2n) is 3.70. The fourth-order valence-corrected chi connectivity index (χ4v) is 1.96. The predicted molar refractivity (Wildman–Crippen MR) is 58.1 cm³/mol. The van der Waals surface area contributed by atoms with Crippen LogP contribution >= 0.6 is 11.3 Å². The van der Waals surface area contributed by atoms with Gasteiger partial charge in [-0.05, 0) is 18.8 Å². The highest BCUT2D eigenvalue weighted by atomic mass is 32.1. The number of nitrogens with two attached hydrogens (primary N) is 1. The number of thiazole rings is 1. The molecule has 2 rings (SSSR count). The van der Waals surface area contributed by atoms with Gasteiger partial charge in [-0.2, -0.15) is 0 Å². The van der Waals surface area contributed by atoms with Crippen LogP contribution in [0, 0.1) is 5.92 Å². The molecule has 1 unspecified atom stereocenters. The number of hydrogen-bond donors (Lipinski definition) is 3. The lowest BCUT2D eigenvalue weighted by Crippen LogP contribution is -2.42. The van der Waals surface area contributed by atoms with Gasteiger partial charge < -0.3 is 16.2 Å². The molecule has 1 aliphatic rings. The molecule has 86 valence electrons. The minimum atomic E-state index is -1.00. The number of amides is 1. The van der Waals surface area contributed by atoms with Crippen LogP contribution in [0.2, 0.25) is 0 Å². The van der Waals surface area contributed by atoms with Crippen molar-refractivity contribution in [2.45, 2.75) is 18.9 Å². The van der Waals surface area contributed by atoms with Crippen molar-refractivity contribution in [2.24, 2.45) is 5.92 Å². The summed E-state index contributed by atoms with van der Waals surface area (Å²) >= 11 is 1.15. The quantitative estimate of drug-likeness (QED) is 0.704. The highest BCUT2D eigenvalue weighted by molar-refractivity contribution is 7.13. The maximum Gasteiger partial charge on any atom is 0.326 e. The minimum absolute atomic E-state index is 0.0532. The molecule has 1 aromatic rings. The van der Waals surface area contributed by atoms with Crippen molar-refractivity contribution in [3.05, 3.63) is 11.1 Å². The van der Waals surface area contributed by atoms with Crippen molar-refractivity contribution < 1.29 is 14.7 Å². The van der Waals surface area contributed by atoms with Gasteiger partial charge in [-0.1, -0.05) is 0 Å². The summed E-state index contributed by atoms with van der Waals surface area (Å²) in [5, 5.41) is 13.2. The van der Waals surface area contributed by atoms with Gasteiger partial charge in [-0.3, -0.25) is 4.79 Å². The lowest BCUT2D eigenvalue weighted by molar-refractivity contribution is -0.139. The van der Waals surface area contributed by atoms with Crippen LogP contribution in [0.5, 0.6) is 0 Å². The summed E-state index contributed by atoms with van der Waals surface area (Å²) in [6.07, 6.45) is 1.69. The third kappa shape index (κ3) is 2.30. The zero-order valence-electron chi connectivity index (χ0n) is 8.34. The van der Waals surface area contributed by atoms with Crippen molar-refractivity contribution in [1.29, 1.82) is 0 Å². The monoisotopic (exact) mass is 241 g/mol. The molecule has 4 N–H and O–H groups in total. The van der Waals surface area contributed by atoms with E-state index in [1.807, 2.05) is 0 Å². The number of carbonyl (C=O) groups excluding carboxylic acids is 1. The van der Waals surface area contributed by atoms with Crippen LogP contribution in [0.1, 0.15) is 23.3 Å². The minimum Gasteiger partial charge on any atom is -0.480 e.